The van der Waals surface area contributed by atoms with Crippen LogP contribution >= 0.6 is 0 Å². The first-order valence-electron chi connectivity index (χ1n) is 7.11. The van der Waals surface area contributed by atoms with Gasteiger partial charge < -0.3 is 9.84 Å². The zero-order valence-electron chi connectivity index (χ0n) is 11.6. The molecule has 3 nitrogen and oxygen atoms in total. The first kappa shape index (κ1) is 13.1. The van der Waals surface area contributed by atoms with Crippen molar-refractivity contribution in [1.29, 1.82) is 0 Å². The quantitative estimate of drug-likeness (QED) is 0.928. The van der Waals surface area contributed by atoms with Crippen molar-refractivity contribution in [3.63, 3.8) is 0 Å². The van der Waals surface area contributed by atoms with Crippen molar-refractivity contribution in [2.45, 2.75) is 31.8 Å². The molecule has 1 aromatic heterocycles. The van der Waals surface area contributed by atoms with Gasteiger partial charge in [-0.2, -0.15) is 0 Å². The van der Waals surface area contributed by atoms with Crippen molar-refractivity contribution in [3.8, 4) is 5.75 Å². The van der Waals surface area contributed by atoms with Crippen LogP contribution in [0.2, 0.25) is 0 Å². The van der Waals surface area contributed by atoms with Crippen LogP contribution in [-0.2, 0) is 12.8 Å². The van der Waals surface area contributed by atoms with Crippen molar-refractivity contribution >= 4 is 0 Å². The highest BCUT2D eigenvalue weighted by Gasteiger charge is 2.30. The number of aromatic nitrogens is 1. The summed E-state index contributed by atoms with van der Waals surface area (Å²) in [6, 6.07) is 12.0. The lowest BCUT2D eigenvalue weighted by Gasteiger charge is -2.16. The molecule has 2 atom stereocenters. The van der Waals surface area contributed by atoms with Gasteiger partial charge in [-0.1, -0.05) is 31.2 Å². The summed E-state index contributed by atoms with van der Waals surface area (Å²) in [7, 11) is 0. The molecule has 2 heterocycles. The summed E-state index contributed by atoms with van der Waals surface area (Å²) in [5.41, 5.74) is 3.25. The maximum atomic E-state index is 10.5. The number of rotatable bonds is 4. The topological polar surface area (TPSA) is 42.4 Å². The Labute approximate surface area is 119 Å². The Morgan fingerprint density at radius 2 is 2.15 bits per heavy atom. The number of ether oxygens (including phenoxy) is 1. The molecular formula is C17H19NO2. The SMILES string of the molecule is CCc1ccc(CC(O)C2COc3ccccc32)nc1. The fourth-order valence-corrected chi connectivity index (χ4v) is 2.65. The maximum Gasteiger partial charge on any atom is 0.123 e. The van der Waals surface area contributed by atoms with E-state index in [-0.39, 0.29) is 5.92 Å². The first-order chi connectivity index (χ1) is 9.78. The molecule has 104 valence electrons. The zero-order chi connectivity index (χ0) is 13.9. The molecule has 0 fully saturated rings. The molecule has 0 amide bonds. The molecule has 3 heteroatoms. The first-order valence-corrected chi connectivity index (χ1v) is 7.11. The molecule has 1 aliphatic rings. The monoisotopic (exact) mass is 269 g/mol. The molecule has 2 aromatic rings. The summed E-state index contributed by atoms with van der Waals surface area (Å²) in [6.07, 6.45) is 2.98. The van der Waals surface area contributed by atoms with E-state index < -0.39 is 6.10 Å². The molecule has 0 spiro atoms. The second-order valence-electron chi connectivity index (χ2n) is 5.24. The fraction of sp³-hybridized carbons (Fsp3) is 0.353. The van der Waals surface area contributed by atoms with E-state index >= 15 is 0 Å². The van der Waals surface area contributed by atoms with Gasteiger partial charge in [-0.05, 0) is 24.1 Å². The van der Waals surface area contributed by atoms with E-state index in [0.717, 1.165) is 23.4 Å². The van der Waals surface area contributed by atoms with E-state index in [9.17, 15) is 5.11 Å². The van der Waals surface area contributed by atoms with Crippen LogP contribution in [0.25, 0.3) is 0 Å². The molecule has 20 heavy (non-hydrogen) atoms. The van der Waals surface area contributed by atoms with E-state index in [2.05, 4.69) is 18.0 Å². The minimum atomic E-state index is -0.460. The van der Waals surface area contributed by atoms with Crippen LogP contribution in [-0.4, -0.2) is 22.8 Å². The number of aryl methyl sites for hydroxylation is 1. The largest absolute Gasteiger partial charge is 0.493 e. The molecule has 0 aliphatic carbocycles. The molecule has 1 aliphatic heterocycles. The Kier molecular flexibility index (Phi) is 3.70. The minimum absolute atomic E-state index is 0.0406. The number of hydrogen-bond acceptors (Lipinski definition) is 3. The van der Waals surface area contributed by atoms with Crippen molar-refractivity contribution in [2.24, 2.45) is 0 Å². The van der Waals surface area contributed by atoms with Gasteiger partial charge in [0, 0.05) is 29.8 Å². The van der Waals surface area contributed by atoms with Gasteiger partial charge in [-0.15, -0.1) is 0 Å². The van der Waals surface area contributed by atoms with E-state index in [1.165, 1.54) is 5.56 Å². The molecular weight excluding hydrogens is 250 g/mol. The third-order valence-electron chi connectivity index (χ3n) is 3.91. The normalized spacial score (nSPS) is 18.4. The fourth-order valence-electron chi connectivity index (χ4n) is 2.65. The van der Waals surface area contributed by atoms with Crippen molar-refractivity contribution < 1.29 is 9.84 Å². The van der Waals surface area contributed by atoms with Crippen molar-refractivity contribution in [1.82, 2.24) is 4.98 Å². The van der Waals surface area contributed by atoms with Crippen LogP contribution in [0.1, 0.15) is 29.7 Å². The summed E-state index contributed by atoms with van der Waals surface area (Å²) in [6.45, 7) is 2.66. The van der Waals surface area contributed by atoms with Gasteiger partial charge in [0.05, 0.1) is 12.7 Å². The lowest BCUT2D eigenvalue weighted by molar-refractivity contribution is 0.128. The van der Waals surface area contributed by atoms with Gasteiger partial charge in [-0.3, -0.25) is 4.98 Å². The van der Waals surface area contributed by atoms with Gasteiger partial charge in [0.2, 0.25) is 0 Å². The Bertz CT molecular complexity index is 580. The Balaban J connectivity index is 1.72. The predicted molar refractivity (Wildman–Crippen MR) is 78.0 cm³/mol. The molecule has 2 unspecified atom stereocenters. The van der Waals surface area contributed by atoms with Gasteiger partial charge in [-0.25, -0.2) is 0 Å². The standard InChI is InChI=1S/C17H19NO2/c1-2-12-7-8-13(18-10-12)9-16(19)15-11-20-17-6-4-3-5-14(15)17/h3-8,10,15-16,19H,2,9,11H2,1H3. The smallest absolute Gasteiger partial charge is 0.123 e. The summed E-state index contributed by atoms with van der Waals surface area (Å²) in [5.74, 6) is 0.935. The van der Waals surface area contributed by atoms with Gasteiger partial charge in [0.1, 0.15) is 5.75 Å². The van der Waals surface area contributed by atoms with Gasteiger partial charge in [0.25, 0.3) is 0 Å². The highest BCUT2D eigenvalue weighted by Crippen LogP contribution is 2.36. The van der Waals surface area contributed by atoms with Crippen LogP contribution in [0.4, 0.5) is 0 Å². The van der Waals surface area contributed by atoms with E-state index in [1.54, 1.807) is 0 Å². The molecule has 1 aromatic carbocycles. The Morgan fingerprint density at radius 3 is 2.90 bits per heavy atom. The minimum Gasteiger partial charge on any atom is -0.493 e. The van der Waals surface area contributed by atoms with Crippen LogP contribution < -0.4 is 4.74 Å². The predicted octanol–water partition coefficient (Wildman–Crippen LogP) is 2.72. The van der Waals surface area contributed by atoms with Gasteiger partial charge in [0.15, 0.2) is 0 Å². The summed E-state index contributed by atoms with van der Waals surface area (Å²) in [5, 5.41) is 10.5. The van der Waals surface area contributed by atoms with E-state index in [1.807, 2.05) is 36.5 Å². The average molecular weight is 269 g/mol. The zero-order valence-corrected chi connectivity index (χ0v) is 11.6. The number of aliphatic hydroxyl groups excluding tert-OH is 1. The van der Waals surface area contributed by atoms with E-state index in [0.29, 0.717) is 13.0 Å². The Hall–Kier alpha value is -1.87. The van der Waals surface area contributed by atoms with Crippen LogP contribution in [0, 0.1) is 0 Å². The second-order valence-corrected chi connectivity index (χ2v) is 5.24. The molecule has 0 saturated carbocycles. The summed E-state index contributed by atoms with van der Waals surface area (Å²) < 4.78 is 5.63. The number of pyridine rings is 1. The van der Waals surface area contributed by atoms with Crippen LogP contribution in [0.15, 0.2) is 42.6 Å². The van der Waals surface area contributed by atoms with Crippen LogP contribution in [0.3, 0.4) is 0 Å². The highest BCUT2D eigenvalue weighted by atomic mass is 16.5. The summed E-state index contributed by atoms with van der Waals surface area (Å²) in [4.78, 5) is 4.42. The number of nitrogens with zero attached hydrogens (tertiary/aromatic N) is 1. The second kappa shape index (κ2) is 5.63. The highest BCUT2D eigenvalue weighted by molar-refractivity contribution is 5.40. The number of benzene rings is 1. The maximum absolute atomic E-state index is 10.5. The number of hydrogen-bond donors (Lipinski definition) is 1. The van der Waals surface area contributed by atoms with E-state index in [4.69, 9.17) is 4.74 Å². The molecule has 0 bridgehead atoms. The summed E-state index contributed by atoms with van der Waals surface area (Å²) >= 11 is 0. The number of aliphatic hydroxyl groups is 1. The molecule has 1 N–H and O–H groups in total. The lowest BCUT2D eigenvalue weighted by atomic mass is 9.92. The van der Waals surface area contributed by atoms with Gasteiger partial charge >= 0.3 is 0 Å². The number of para-hydroxylation sites is 1. The third kappa shape index (κ3) is 2.54. The van der Waals surface area contributed by atoms with Crippen LogP contribution in [0.5, 0.6) is 5.75 Å². The van der Waals surface area contributed by atoms with Crippen molar-refractivity contribution in [2.75, 3.05) is 6.61 Å². The lowest BCUT2D eigenvalue weighted by Crippen LogP contribution is -2.22. The molecule has 0 saturated heterocycles. The number of fused-ring (bicyclic) bond motifs is 1. The van der Waals surface area contributed by atoms with Crippen molar-refractivity contribution in [3.05, 3.63) is 59.4 Å². The average Bonchev–Trinajstić information content (AvgIpc) is 2.92. The molecule has 0 radical (unpaired) electrons. The third-order valence-corrected chi connectivity index (χ3v) is 3.91. The molecule has 3 rings (SSSR count). The Morgan fingerprint density at radius 1 is 1.30 bits per heavy atom.